The maximum Gasteiger partial charge on any atom is 0.255 e. The number of rotatable bonds is 2. The predicted molar refractivity (Wildman–Crippen MR) is 89.3 cm³/mol. The van der Waals surface area contributed by atoms with Gasteiger partial charge in [-0.1, -0.05) is 6.07 Å². The largest absolute Gasteiger partial charge is 0.492 e. The Labute approximate surface area is 138 Å². The summed E-state index contributed by atoms with van der Waals surface area (Å²) >= 11 is 0. The number of fused-ring (bicyclic) bond motifs is 2. The van der Waals surface area contributed by atoms with Crippen LogP contribution in [0.25, 0.3) is 5.65 Å². The van der Waals surface area contributed by atoms with Crippen LogP contribution in [0.1, 0.15) is 21.5 Å². The van der Waals surface area contributed by atoms with E-state index in [2.05, 4.69) is 20.7 Å². The highest BCUT2D eigenvalue weighted by Crippen LogP contribution is 2.23. The SMILES string of the molecule is Cc1cnc2c(NC(=O)c3ccc4c(c3)OCCNC4)cnn2c1. The minimum atomic E-state index is -0.212. The second-order valence-corrected chi connectivity index (χ2v) is 5.76. The van der Waals surface area contributed by atoms with E-state index >= 15 is 0 Å². The molecular weight excluding hydrogens is 306 g/mol. The van der Waals surface area contributed by atoms with Gasteiger partial charge in [-0.2, -0.15) is 5.10 Å². The van der Waals surface area contributed by atoms with Gasteiger partial charge >= 0.3 is 0 Å². The molecule has 0 radical (unpaired) electrons. The Hall–Kier alpha value is -2.93. The average Bonchev–Trinajstić information content (AvgIpc) is 2.82. The first kappa shape index (κ1) is 14.6. The van der Waals surface area contributed by atoms with Crippen LogP contribution in [-0.4, -0.2) is 33.7 Å². The van der Waals surface area contributed by atoms with Gasteiger partial charge in [-0.25, -0.2) is 9.50 Å². The van der Waals surface area contributed by atoms with Gasteiger partial charge in [0.1, 0.15) is 18.0 Å². The average molecular weight is 323 g/mol. The van der Waals surface area contributed by atoms with Gasteiger partial charge in [0.05, 0.1) is 6.20 Å². The van der Waals surface area contributed by atoms with Crippen LogP contribution in [0.5, 0.6) is 5.75 Å². The second-order valence-electron chi connectivity index (χ2n) is 5.76. The minimum Gasteiger partial charge on any atom is -0.492 e. The summed E-state index contributed by atoms with van der Waals surface area (Å²) in [7, 11) is 0. The maximum absolute atomic E-state index is 12.5. The van der Waals surface area contributed by atoms with Crippen LogP contribution in [0.2, 0.25) is 0 Å². The molecule has 2 aromatic heterocycles. The van der Waals surface area contributed by atoms with Crippen molar-refractivity contribution >= 4 is 17.2 Å². The van der Waals surface area contributed by atoms with Gasteiger partial charge in [0, 0.05) is 36.6 Å². The topological polar surface area (TPSA) is 80.5 Å². The van der Waals surface area contributed by atoms with Gasteiger partial charge in [0.2, 0.25) is 0 Å². The van der Waals surface area contributed by atoms with Crippen LogP contribution in [0.4, 0.5) is 5.69 Å². The molecule has 3 heterocycles. The molecule has 0 unspecified atom stereocenters. The molecule has 4 rings (SSSR count). The molecule has 0 atom stereocenters. The molecule has 2 N–H and O–H groups in total. The zero-order valence-electron chi connectivity index (χ0n) is 13.2. The third-order valence-corrected chi connectivity index (χ3v) is 3.91. The summed E-state index contributed by atoms with van der Waals surface area (Å²) < 4.78 is 7.34. The molecule has 0 saturated carbocycles. The monoisotopic (exact) mass is 323 g/mol. The third kappa shape index (κ3) is 2.69. The Kier molecular flexibility index (Phi) is 3.62. The first-order chi connectivity index (χ1) is 11.7. The van der Waals surface area contributed by atoms with Crippen molar-refractivity contribution in [3.63, 3.8) is 0 Å². The van der Waals surface area contributed by atoms with E-state index < -0.39 is 0 Å². The second kappa shape index (κ2) is 5.93. The van der Waals surface area contributed by atoms with Crippen molar-refractivity contribution in [3.8, 4) is 5.75 Å². The number of carbonyl (C=O) groups excluding carboxylic acids is 1. The molecule has 0 fully saturated rings. The molecule has 24 heavy (non-hydrogen) atoms. The van der Waals surface area contributed by atoms with Crippen molar-refractivity contribution in [1.82, 2.24) is 19.9 Å². The van der Waals surface area contributed by atoms with Gasteiger partial charge in [0.25, 0.3) is 5.91 Å². The van der Waals surface area contributed by atoms with Gasteiger partial charge in [-0.05, 0) is 24.6 Å². The lowest BCUT2D eigenvalue weighted by Crippen LogP contribution is -2.16. The number of aryl methyl sites for hydroxylation is 1. The Morgan fingerprint density at radius 1 is 1.38 bits per heavy atom. The number of carbonyl (C=O) groups is 1. The van der Waals surface area contributed by atoms with E-state index in [1.54, 1.807) is 29.0 Å². The van der Waals surface area contributed by atoms with Crippen molar-refractivity contribution in [2.45, 2.75) is 13.5 Å². The molecule has 7 nitrogen and oxygen atoms in total. The number of ether oxygens (including phenoxy) is 1. The van der Waals surface area contributed by atoms with Gasteiger partial charge in [0.15, 0.2) is 5.65 Å². The number of amides is 1. The summed E-state index contributed by atoms with van der Waals surface area (Å²) in [5.41, 5.74) is 3.79. The maximum atomic E-state index is 12.5. The van der Waals surface area contributed by atoms with E-state index in [0.29, 0.717) is 23.5 Å². The van der Waals surface area contributed by atoms with Crippen LogP contribution in [0.3, 0.4) is 0 Å². The number of anilines is 1. The molecule has 1 aliphatic heterocycles. The summed E-state index contributed by atoms with van der Waals surface area (Å²) in [5, 5.41) is 10.4. The van der Waals surface area contributed by atoms with E-state index in [4.69, 9.17) is 4.74 Å². The first-order valence-corrected chi connectivity index (χ1v) is 7.78. The zero-order valence-corrected chi connectivity index (χ0v) is 13.2. The highest BCUT2D eigenvalue weighted by atomic mass is 16.5. The Morgan fingerprint density at radius 3 is 3.21 bits per heavy atom. The molecule has 3 aromatic rings. The lowest BCUT2D eigenvalue weighted by Gasteiger charge is -2.09. The molecule has 1 aliphatic rings. The molecule has 0 saturated heterocycles. The molecule has 0 bridgehead atoms. The molecule has 122 valence electrons. The smallest absolute Gasteiger partial charge is 0.255 e. The van der Waals surface area contributed by atoms with Crippen LogP contribution in [-0.2, 0) is 6.54 Å². The van der Waals surface area contributed by atoms with Crippen LogP contribution < -0.4 is 15.4 Å². The quantitative estimate of drug-likeness (QED) is 0.751. The summed E-state index contributed by atoms with van der Waals surface area (Å²) in [6, 6.07) is 5.50. The highest BCUT2D eigenvalue weighted by Gasteiger charge is 2.15. The number of nitrogens with zero attached hydrogens (tertiary/aromatic N) is 3. The fourth-order valence-electron chi connectivity index (χ4n) is 2.68. The van der Waals surface area contributed by atoms with Crippen molar-refractivity contribution in [2.75, 3.05) is 18.5 Å². The Morgan fingerprint density at radius 2 is 2.29 bits per heavy atom. The van der Waals surface area contributed by atoms with E-state index in [9.17, 15) is 4.79 Å². The number of nitrogens with one attached hydrogen (secondary N) is 2. The van der Waals surface area contributed by atoms with Gasteiger partial charge in [-0.15, -0.1) is 0 Å². The summed E-state index contributed by atoms with van der Waals surface area (Å²) in [4.78, 5) is 16.9. The number of aromatic nitrogens is 3. The van der Waals surface area contributed by atoms with Crippen molar-refractivity contribution in [3.05, 3.63) is 53.5 Å². The van der Waals surface area contributed by atoms with E-state index in [-0.39, 0.29) is 5.91 Å². The highest BCUT2D eigenvalue weighted by molar-refractivity contribution is 6.06. The van der Waals surface area contributed by atoms with Crippen LogP contribution in [0.15, 0.2) is 36.8 Å². The molecule has 0 aliphatic carbocycles. The van der Waals surface area contributed by atoms with Gasteiger partial charge in [-0.3, -0.25) is 4.79 Å². The minimum absolute atomic E-state index is 0.212. The number of hydrogen-bond acceptors (Lipinski definition) is 5. The molecular formula is C17H17N5O2. The lowest BCUT2D eigenvalue weighted by atomic mass is 10.1. The van der Waals surface area contributed by atoms with Crippen LogP contribution in [0, 0.1) is 6.92 Å². The van der Waals surface area contributed by atoms with E-state index in [0.717, 1.165) is 30.0 Å². The normalized spacial score (nSPS) is 13.9. The molecule has 1 amide bonds. The number of hydrogen-bond donors (Lipinski definition) is 2. The zero-order chi connectivity index (χ0) is 16.5. The fourth-order valence-corrected chi connectivity index (χ4v) is 2.68. The van der Waals surface area contributed by atoms with Crippen molar-refractivity contribution in [2.24, 2.45) is 0 Å². The Bertz CT molecular complexity index is 918. The molecule has 0 spiro atoms. The standard InChI is InChI=1S/C17H17N5O2/c1-11-7-19-16-14(9-20-22(16)10-11)21-17(23)12-2-3-13-8-18-4-5-24-15(13)6-12/h2-3,6-7,9-10,18H,4-5,8H2,1H3,(H,21,23). The first-order valence-electron chi connectivity index (χ1n) is 7.78. The molecule has 1 aromatic carbocycles. The number of benzene rings is 1. The summed E-state index contributed by atoms with van der Waals surface area (Å²) in [6.45, 7) is 4.07. The van der Waals surface area contributed by atoms with Crippen molar-refractivity contribution in [1.29, 1.82) is 0 Å². The summed E-state index contributed by atoms with van der Waals surface area (Å²) in [5.74, 6) is 0.539. The van der Waals surface area contributed by atoms with Crippen LogP contribution >= 0.6 is 0 Å². The lowest BCUT2D eigenvalue weighted by molar-refractivity contribution is 0.102. The third-order valence-electron chi connectivity index (χ3n) is 3.91. The van der Waals surface area contributed by atoms with E-state index in [1.807, 2.05) is 19.2 Å². The van der Waals surface area contributed by atoms with Crippen molar-refractivity contribution < 1.29 is 9.53 Å². The summed E-state index contributed by atoms with van der Waals surface area (Å²) in [6.07, 6.45) is 5.21. The molecule has 7 heteroatoms. The Balaban J connectivity index is 1.60. The van der Waals surface area contributed by atoms with E-state index in [1.165, 1.54) is 0 Å². The fraction of sp³-hybridized carbons (Fsp3) is 0.235. The van der Waals surface area contributed by atoms with Gasteiger partial charge < -0.3 is 15.4 Å². The predicted octanol–water partition coefficient (Wildman–Crippen LogP) is 1.77.